The Labute approximate surface area is 236 Å². The Balaban J connectivity index is 1.21. The van der Waals surface area contributed by atoms with Gasteiger partial charge < -0.3 is 21.1 Å². The molecule has 0 aromatic heterocycles. The van der Waals surface area contributed by atoms with E-state index in [0.29, 0.717) is 5.69 Å². The van der Waals surface area contributed by atoms with E-state index < -0.39 is 23.7 Å². The van der Waals surface area contributed by atoms with Crippen molar-refractivity contribution in [1.29, 1.82) is 0 Å². The zero-order chi connectivity index (χ0) is 27.5. The Morgan fingerprint density at radius 3 is 2.28 bits per heavy atom. The number of benzene rings is 3. The largest absolute Gasteiger partial charge is 0.481 e. The highest BCUT2D eigenvalue weighted by Gasteiger charge is 2.29. The van der Waals surface area contributed by atoms with Crippen LogP contribution in [0.3, 0.4) is 0 Å². The number of nitrogens with one attached hydrogen (secondary N) is 3. The predicted molar refractivity (Wildman–Crippen MR) is 152 cm³/mol. The number of hydrogen-bond acceptors (Lipinski definition) is 4. The maximum atomic E-state index is 13.2. The molecule has 3 aromatic carbocycles. The van der Waals surface area contributed by atoms with E-state index in [4.69, 9.17) is 23.2 Å². The van der Waals surface area contributed by atoms with Crippen LogP contribution in [-0.4, -0.2) is 35.5 Å². The van der Waals surface area contributed by atoms with Gasteiger partial charge in [-0.2, -0.15) is 0 Å². The SMILES string of the molecule is O=C(NCC(CC(=O)c1c(Cl)ccc(NC2Cc3ccccc3C2)c1Cl)C(=O)O)NC1CCc2ccccc21. The number of aryl methyl sites for hydroxylation is 1. The summed E-state index contributed by atoms with van der Waals surface area (Å²) in [5.41, 5.74) is 5.46. The number of amides is 2. The molecule has 3 aromatic rings. The predicted octanol–water partition coefficient (Wildman–Crippen LogP) is 5.83. The summed E-state index contributed by atoms with van der Waals surface area (Å²) in [6, 6.07) is 19.0. The molecule has 0 aliphatic heterocycles. The Kier molecular flexibility index (Phi) is 8.10. The quantitative estimate of drug-likeness (QED) is 0.244. The van der Waals surface area contributed by atoms with Gasteiger partial charge in [0.25, 0.3) is 0 Å². The van der Waals surface area contributed by atoms with E-state index in [1.165, 1.54) is 16.7 Å². The molecule has 0 fully saturated rings. The second kappa shape index (κ2) is 11.7. The van der Waals surface area contributed by atoms with Crippen molar-refractivity contribution in [3.63, 3.8) is 0 Å². The van der Waals surface area contributed by atoms with E-state index in [-0.39, 0.29) is 40.7 Å². The molecule has 2 aliphatic carbocycles. The lowest BCUT2D eigenvalue weighted by atomic mass is 9.97. The number of anilines is 1. The lowest BCUT2D eigenvalue weighted by Gasteiger charge is -2.19. The molecule has 2 aliphatic rings. The second-order valence-corrected chi connectivity index (χ2v) is 10.9. The minimum Gasteiger partial charge on any atom is -0.481 e. The summed E-state index contributed by atoms with van der Waals surface area (Å²) in [4.78, 5) is 37.7. The number of hydrogen-bond donors (Lipinski definition) is 4. The fourth-order valence-electron chi connectivity index (χ4n) is 5.51. The summed E-state index contributed by atoms with van der Waals surface area (Å²) in [7, 11) is 0. The van der Waals surface area contributed by atoms with E-state index in [1.54, 1.807) is 12.1 Å². The van der Waals surface area contributed by atoms with Gasteiger partial charge >= 0.3 is 12.0 Å². The first-order chi connectivity index (χ1) is 18.8. The lowest BCUT2D eigenvalue weighted by Crippen LogP contribution is -2.41. The van der Waals surface area contributed by atoms with Gasteiger partial charge in [0.15, 0.2) is 5.78 Å². The third-order valence-electron chi connectivity index (χ3n) is 7.51. The maximum absolute atomic E-state index is 13.2. The van der Waals surface area contributed by atoms with Crippen LogP contribution in [0.25, 0.3) is 0 Å². The van der Waals surface area contributed by atoms with Crippen LogP contribution < -0.4 is 16.0 Å². The van der Waals surface area contributed by atoms with Gasteiger partial charge in [0.2, 0.25) is 0 Å². The summed E-state index contributed by atoms with van der Waals surface area (Å²) in [5, 5.41) is 19.0. The van der Waals surface area contributed by atoms with Crippen molar-refractivity contribution in [3.05, 3.63) is 98.5 Å². The Morgan fingerprint density at radius 2 is 1.59 bits per heavy atom. The van der Waals surface area contributed by atoms with E-state index in [1.807, 2.05) is 36.4 Å². The van der Waals surface area contributed by atoms with Crippen molar-refractivity contribution < 1.29 is 19.5 Å². The minimum absolute atomic E-state index is 0.0807. The molecule has 4 N–H and O–H groups in total. The first kappa shape index (κ1) is 27.0. The van der Waals surface area contributed by atoms with Crippen LogP contribution in [0, 0.1) is 5.92 Å². The van der Waals surface area contributed by atoms with Crippen molar-refractivity contribution in [2.24, 2.45) is 5.92 Å². The topological polar surface area (TPSA) is 108 Å². The number of carboxylic acids is 1. The summed E-state index contributed by atoms with van der Waals surface area (Å²) >= 11 is 13.0. The molecule has 0 spiro atoms. The van der Waals surface area contributed by atoms with E-state index >= 15 is 0 Å². The molecule has 39 heavy (non-hydrogen) atoms. The Morgan fingerprint density at radius 1 is 0.923 bits per heavy atom. The number of ketones is 1. The molecular formula is C30H29Cl2N3O4. The smallest absolute Gasteiger partial charge is 0.315 e. The van der Waals surface area contributed by atoms with Gasteiger partial charge in [-0.05, 0) is 60.1 Å². The molecule has 202 valence electrons. The minimum atomic E-state index is -1.19. The number of aliphatic carboxylic acids is 1. The summed E-state index contributed by atoms with van der Waals surface area (Å²) in [5.74, 6) is -2.84. The van der Waals surface area contributed by atoms with Gasteiger partial charge in [-0.25, -0.2) is 4.79 Å². The van der Waals surface area contributed by atoms with Crippen molar-refractivity contribution in [3.8, 4) is 0 Å². The van der Waals surface area contributed by atoms with Crippen molar-refractivity contribution in [2.75, 3.05) is 11.9 Å². The van der Waals surface area contributed by atoms with Gasteiger partial charge in [0.05, 0.1) is 33.3 Å². The van der Waals surface area contributed by atoms with Crippen LogP contribution in [0.2, 0.25) is 10.0 Å². The second-order valence-electron chi connectivity index (χ2n) is 10.1. The van der Waals surface area contributed by atoms with Crippen molar-refractivity contribution in [2.45, 2.75) is 44.2 Å². The van der Waals surface area contributed by atoms with Crippen LogP contribution in [-0.2, 0) is 24.1 Å². The number of fused-ring (bicyclic) bond motifs is 2. The standard InChI is InChI=1S/C30H29Cl2N3O4/c31-23-10-12-25(34-21-13-18-6-1-2-7-19(18)14-21)28(32)27(23)26(36)15-20(29(37)38)16-33-30(39)35-24-11-9-17-5-3-4-8-22(17)24/h1-8,10,12,20-21,24,34H,9,11,13-16H2,(H,37,38)(H2,33,35,39). The molecule has 2 unspecified atom stereocenters. The number of carboxylic acid groups (broad SMARTS) is 1. The fourth-order valence-corrected chi connectivity index (χ4v) is 6.14. The number of halogens is 2. The van der Waals surface area contributed by atoms with Crippen LogP contribution in [0.5, 0.6) is 0 Å². The van der Waals surface area contributed by atoms with Gasteiger partial charge in [-0.1, -0.05) is 71.7 Å². The number of carbonyl (C=O) groups is 3. The first-order valence-corrected chi connectivity index (χ1v) is 13.7. The van der Waals surface area contributed by atoms with Gasteiger partial charge in [-0.15, -0.1) is 0 Å². The molecule has 0 saturated carbocycles. The van der Waals surface area contributed by atoms with Crippen LogP contribution in [0.4, 0.5) is 10.5 Å². The molecule has 0 saturated heterocycles. The molecule has 0 bridgehead atoms. The van der Waals surface area contributed by atoms with E-state index in [9.17, 15) is 19.5 Å². The summed E-state index contributed by atoms with van der Waals surface area (Å²) in [6.45, 7) is -0.214. The molecule has 7 nitrogen and oxygen atoms in total. The third-order valence-corrected chi connectivity index (χ3v) is 8.22. The number of Topliss-reactive ketones (excluding diaryl/α,β-unsaturated/α-hetero) is 1. The van der Waals surface area contributed by atoms with Gasteiger partial charge in [0, 0.05) is 19.0 Å². The van der Waals surface area contributed by atoms with Crippen LogP contribution in [0.1, 0.15) is 51.5 Å². The molecule has 0 heterocycles. The van der Waals surface area contributed by atoms with Gasteiger partial charge in [0.1, 0.15) is 0 Å². The zero-order valence-corrected chi connectivity index (χ0v) is 22.7. The first-order valence-electron chi connectivity index (χ1n) is 13.0. The highest BCUT2D eigenvalue weighted by molar-refractivity contribution is 6.41. The fraction of sp³-hybridized carbons (Fsp3) is 0.300. The number of rotatable bonds is 9. The normalized spacial score (nSPS) is 16.7. The third kappa shape index (κ3) is 6.05. The number of urea groups is 1. The molecule has 9 heteroatoms. The Bertz CT molecular complexity index is 1400. The van der Waals surface area contributed by atoms with E-state index in [0.717, 1.165) is 31.2 Å². The summed E-state index contributed by atoms with van der Waals surface area (Å²) < 4.78 is 0. The van der Waals surface area contributed by atoms with Crippen molar-refractivity contribution in [1.82, 2.24) is 10.6 Å². The van der Waals surface area contributed by atoms with E-state index in [2.05, 4.69) is 28.1 Å². The average molecular weight is 566 g/mol. The maximum Gasteiger partial charge on any atom is 0.315 e. The molecule has 0 radical (unpaired) electrons. The monoisotopic (exact) mass is 565 g/mol. The Hall–Kier alpha value is -3.55. The number of carbonyl (C=O) groups excluding carboxylic acids is 2. The van der Waals surface area contributed by atoms with Crippen LogP contribution >= 0.6 is 23.2 Å². The van der Waals surface area contributed by atoms with Crippen LogP contribution in [0.15, 0.2) is 60.7 Å². The summed E-state index contributed by atoms with van der Waals surface area (Å²) in [6.07, 6.45) is 2.96. The highest BCUT2D eigenvalue weighted by atomic mass is 35.5. The zero-order valence-electron chi connectivity index (χ0n) is 21.2. The molecule has 2 atom stereocenters. The molecule has 5 rings (SSSR count). The average Bonchev–Trinajstić information content (AvgIpc) is 3.51. The van der Waals surface area contributed by atoms with Gasteiger partial charge in [-0.3, -0.25) is 9.59 Å². The molecule has 2 amide bonds. The highest BCUT2D eigenvalue weighted by Crippen LogP contribution is 2.35. The lowest BCUT2D eigenvalue weighted by molar-refractivity contribution is -0.141. The van der Waals surface area contributed by atoms with Crippen molar-refractivity contribution >= 4 is 46.7 Å². The molecular weight excluding hydrogens is 537 g/mol.